The Kier molecular flexibility index (Phi) is 4.12. The summed E-state index contributed by atoms with van der Waals surface area (Å²) in [5.41, 5.74) is 4.10. The van der Waals surface area contributed by atoms with Gasteiger partial charge < -0.3 is 10.3 Å². The van der Waals surface area contributed by atoms with Crippen LogP contribution in [0.1, 0.15) is 31.7 Å². The molecule has 2 aromatic rings. The summed E-state index contributed by atoms with van der Waals surface area (Å²) in [7, 11) is 0. The van der Waals surface area contributed by atoms with Gasteiger partial charge in [-0.3, -0.25) is 0 Å². The molecule has 0 bridgehead atoms. The fourth-order valence-electron chi connectivity index (χ4n) is 1.66. The van der Waals surface area contributed by atoms with Crippen LogP contribution in [0.4, 0.5) is 13.2 Å². The van der Waals surface area contributed by atoms with Gasteiger partial charge in [0, 0.05) is 10.0 Å². The zero-order chi connectivity index (χ0) is 15.8. The van der Waals surface area contributed by atoms with Crippen LogP contribution in [0.3, 0.4) is 0 Å². The second kappa shape index (κ2) is 5.42. The predicted molar refractivity (Wildman–Crippen MR) is 74.3 cm³/mol. The van der Waals surface area contributed by atoms with E-state index < -0.39 is 17.3 Å². The summed E-state index contributed by atoms with van der Waals surface area (Å²) in [6.07, 6.45) is -4.00. The molecule has 2 N–H and O–H groups in total. The first-order valence-corrected chi connectivity index (χ1v) is 6.94. The van der Waals surface area contributed by atoms with Gasteiger partial charge in [-0.1, -0.05) is 28.0 Å². The summed E-state index contributed by atoms with van der Waals surface area (Å²) in [4.78, 5) is 4.01. The molecule has 0 radical (unpaired) electrons. The van der Waals surface area contributed by atoms with E-state index in [0.717, 1.165) is 6.07 Å². The van der Waals surface area contributed by atoms with Crippen molar-refractivity contribution < 1.29 is 17.7 Å². The van der Waals surface area contributed by atoms with Crippen LogP contribution in [0.2, 0.25) is 0 Å². The number of alkyl halides is 3. The molecular weight excluding hydrogens is 351 g/mol. The molecule has 0 amide bonds. The monoisotopic (exact) mass is 363 g/mol. The maximum Gasteiger partial charge on any atom is 0.417 e. The van der Waals surface area contributed by atoms with Gasteiger partial charge in [0.1, 0.15) is 0 Å². The van der Waals surface area contributed by atoms with Gasteiger partial charge in [0.05, 0.1) is 11.1 Å². The van der Waals surface area contributed by atoms with E-state index in [1.54, 1.807) is 6.92 Å². The first-order valence-electron chi connectivity index (χ1n) is 6.15. The molecule has 0 aliphatic rings. The molecule has 1 aromatic heterocycles. The Morgan fingerprint density at radius 1 is 1.33 bits per heavy atom. The maximum absolute atomic E-state index is 13.1. The molecule has 0 saturated carbocycles. The minimum Gasteiger partial charge on any atom is -0.337 e. The van der Waals surface area contributed by atoms with Crippen molar-refractivity contribution in [3.05, 3.63) is 34.1 Å². The van der Waals surface area contributed by atoms with Gasteiger partial charge in [0.25, 0.3) is 0 Å². The second-order valence-electron chi connectivity index (χ2n) is 4.88. The van der Waals surface area contributed by atoms with Crippen molar-refractivity contribution in [1.29, 1.82) is 0 Å². The van der Waals surface area contributed by atoms with Gasteiger partial charge in [-0.25, -0.2) is 0 Å². The molecule has 1 aromatic carbocycles. The Bertz CT molecular complexity index is 652. The van der Waals surface area contributed by atoms with Crippen LogP contribution in [0.15, 0.2) is 27.2 Å². The van der Waals surface area contributed by atoms with Crippen molar-refractivity contribution in [2.45, 2.75) is 32.0 Å². The summed E-state index contributed by atoms with van der Waals surface area (Å²) in [5.74, 6) is -0.0222. The number of halogens is 4. The first-order chi connectivity index (χ1) is 9.65. The summed E-state index contributed by atoms with van der Waals surface area (Å²) in [5, 5.41) is 3.62. The van der Waals surface area contributed by atoms with Crippen LogP contribution in [-0.2, 0) is 11.7 Å². The molecule has 0 aliphatic heterocycles. The third kappa shape index (κ3) is 3.26. The minimum atomic E-state index is -4.52. The van der Waals surface area contributed by atoms with Crippen LogP contribution in [0, 0.1) is 0 Å². The molecule has 2 rings (SSSR count). The lowest BCUT2D eigenvalue weighted by Gasteiger charge is -2.16. The Morgan fingerprint density at radius 2 is 2.00 bits per heavy atom. The number of hydrogen-bond donors (Lipinski definition) is 1. The smallest absolute Gasteiger partial charge is 0.337 e. The van der Waals surface area contributed by atoms with Crippen molar-refractivity contribution in [2.24, 2.45) is 5.73 Å². The first kappa shape index (κ1) is 16.0. The quantitative estimate of drug-likeness (QED) is 0.891. The average Bonchev–Trinajstić information content (AvgIpc) is 2.88. The van der Waals surface area contributed by atoms with Gasteiger partial charge in [0.2, 0.25) is 11.7 Å². The van der Waals surface area contributed by atoms with Crippen molar-refractivity contribution in [3.63, 3.8) is 0 Å². The Labute approximate surface area is 127 Å². The highest BCUT2D eigenvalue weighted by Crippen LogP contribution is 2.38. The van der Waals surface area contributed by atoms with Gasteiger partial charge in [0.15, 0.2) is 0 Å². The molecule has 1 heterocycles. The normalized spacial score (nSPS) is 15.0. The van der Waals surface area contributed by atoms with Gasteiger partial charge >= 0.3 is 6.18 Å². The number of nitrogens with zero attached hydrogens (tertiary/aromatic N) is 2. The van der Waals surface area contributed by atoms with Crippen molar-refractivity contribution in [1.82, 2.24) is 10.1 Å². The molecule has 0 saturated heterocycles. The van der Waals surface area contributed by atoms with E-state index in [9.17, 15) is 13.2 Å². The third-order valence-corrected chi connectivity index (χ3v) is 3.67. The summed E-state index contributed by atoms with van der Waals surface area (Å²) in [6, 6.07) is 3.76. The summed E-state index contributed by atoms with van der Waals surface area (Å²) < 4.78 is 44.6. The highest BCUT2D eigenvalue weighted by Gasteiger charge is 2.36. The van der Waals surface area contributed by atoms with E-state index in [1.165, 1.54) is 12.1 Å². The number of aromatic nitrogens is 2. The molecule has 114 valence electrons. The molecule has 1 atom stereocenters. The van der Waals surface area contributed by atoms with E-state index in [-0.39, 0.29) is 17.3 Å². The fraction of sp³-hybridized carbons (Fsp3) is 0.385. The van der Waals surface area contributed by atoms with Crippen molar-refractivity contribution in [3.8, 4) is 11.4 Å². The molecule has 0 spiro atoms. The van der Waals surface area contributed by atoms with Gasteiger partial charge in [-0.05, 0) is 31.5 Å². The fourth-order valence-corrected chi connectivity index (χ4v) is 2.02. The predicted octanol–water partition coefficient (Wildman–Crippen LogP) is 4.10. The van der Waals surface area contributed by atoms with Crippen molar-refractivity contribution >= 4 is 15.9 Å². The molecule has 21 heavy (non-hydrogen) atoms. The van der Waals surface area contributed by atoms with E-state index in [2.05, 4.69) is 26.1 Å². The lowest BCUT2D eigenvalue weighted by Crippen LogP contribution is -2.32. The van der Waals surface area contributed by atoms with E-state index in [1.807, 2.05) is 6.92 Å². The number of nitrogens with two attached hydrogens (primary N) is 1. The number of rotatable bonds is 3. The van der Waals surface area contributed by atoms with Crippen LogP contribution >= 0.6 is 15.9 Å². The average molecular weight is 364 g/mol. The molecule has 0 fully saturated rings. The molecule has 1 unspecified atom stereocenters. The van der Waals surface area contributed by atoms with E-state index >= 15 is 0 Å². The van der Waals surface area contributed by atoms with E-state index in [4.69, 9.17) is 10.3 Å². The van der Waals surface area contributed by atoms with Crippen LogP contribution in [-0.4, -0.2) is 10.1 Å². The second-order valence-corrected chi connectivity index (χ2v) is 5.80. The largest absolute Gasteiger partial charge is 0.417 e. The summed E-state index contributed by atoms with van der Waals surface area (Å²) >= 11 is 3.03. The lowest BCUT2D eigenvalue weighted by molar-refractivity contribution is -0.137. The minimum absolute atomic E-state index is 0.107. The molecule has 0 aliphatic carbocycles. The number of hydrogen-bond acceptors (Lipinski definition) is 4. The summed E-state index contributed by atoms with van der Waals surface area (Å²) in [6.45, 7) is 3.50. The highest BCUT2D eigenvalue weighted by atomic mass is 79.9. The zero-order valence-electron chi connectivity index (χ0n) is 11.3. The lowest BCUT2D eigenvalue weighted by atomic mass is 10.0. The van der Waals surface area contributed by atoms with E-state index in [0.29, 0.717) is 10.9 Å². The highest BCUT2D eigenvalue weighted by molar-refractivity contribution is 9.10. The maximum atomic E-state index is 13.1. The Morgan fingerprint density at radius 3 is 2.57 bits per heavy atom. The Hall–Kier alpha value is -1.41. The van der Waals surface area contributed by atoms with Crippen LogP contribution in [0.5, 0.6) is 0 Å². The third-order valence-electron chi connectivity index (χ3n) is 3.18. The zero-order valence-corrected chi connectivity index (χ0v) is 12.9. The molecular formula is C13H13BrF3N3O. The molecule has 4 nitrogen and oxygen atoms in total. The Balaban J connectivity index is 2.53. The number of benzene rings is 1. The van der Waals surface area contributed by atoms with Gasteiger partial charge in [-0.2, -0.15) is 18.2 Å². The van der Waals surface area contributed by atoms with Crippen LogP contribution < -0.4 is 5.73 Å². The topological polar surface area (TPSA) is 64.9 Å². The van der Waals surface area contributed by atoms with Crippen LogP contribution in [0.25, 0.3) is 11.4 Å². The SMILES string of the molecule is CCC(C)(N)c1nc(-c2ccc(Br)cc2C(F)(F)F)no1. The standard InChI is InChI=1S/C13H13BrF3N3O/c1-3-12(2,18)11-19-10(20-21-11)8-5-4-7(14)6-9(8)13(15,16)17/h4-6H,3,18H2,1-2H3. The molecule has 8 heteroatoms. The van der Waals surface area contributed by atoms with Gasteiger partial charge in [-0.15, -0.1) is 0 Å². The van der Waals surface area contributed by atoms with Crippen molar-refractivity contribution in [2.75, 3.05) is 0 Å².